The lowest BCUT2D eigenvalue weighted by Gasteiger charge is -2.17. The smallest absolute Gasteiger partial charge is 0.347 e. The number of hydrogen-bond donors (Lipinski definition) is 1. The summed E-state index contributed by atoms with van der Waals surface area (Å²) in [5.41, 5.74) is 3.05. The van der Waals surface area contributed by atoms with E-state index in [0.29, 0.717) is 5.58 Å². The van der Waals surface area contributed by atoms with Crippen LogP contribution in [0.3, 0.4) is 0 Å². The molecule has 4 aromatic carbocycles. The highest BCUT2D eigenvalue weighted by Crippen LogP contribution is 2.34. The third kappa shape index (κ3) is 3.41. The molecule has 2 heterocycles. The van der Waals surface area contributed by atoms with E-state index < -0.39 is 5.63 Å². The zero-order valence-electron chi connectivity index (χ0n) is 18.3. The number of ketones is 1. The molecule has 6 aromatic rings. The second kappa shape index (κ2) is 8.16. The molecule has 0 aliphatic carbocycles. The van der Waals surface area contributed by atoms with Crippen LogP contribution in [0.5, 0.6) is 0 Å². The molecule has 0 fully saturated rings. The number of carbonyl (C=O) groups is 1. The Labute approximate surface area is 195 Å². The first kappa shape index (κ1) is 20.2. The van der Waals surface area contributed by atoms with Crippen molar-refractivity contribution in [1.82, 2.24) is 4.98 Å². The van der Waals surface area contributed by atoms with Crippen LogP contribution in [0.15, 0.2) is 112 Å². The predicted octanol–water partition coefficient (Wildman–Crippen LogP) is 6.83. The van der Waals surface area contributed by atoms with Crippen LogP contribution < -0.4 is 5.63 Å². The Bertz CT molecular complexity index is 1730. The Hall–Kier alpha value is -4.44. The summed E-state index contributed by atoms with van der Waals surface area (Å²) in [6, 6.07) is 31.3. The number of carbonyl (C=O) groups excluding carboxylic acids is 1. The molecule has 1 atom stereocenters. The van der Waals surface area contributed by atoms with Crippen molar-refractivity contribution < 1.29 is 9.21 Å². The SMILES string of the molecule is O=C(CC(c1ccccc1)c1c[nH]c2ccccc12)c1cc2c(ccc3ccccc32)oc1=O. The van der Waals surface area contributed by atoms with E-state index in [-0.39, 0.29) is 23.7 Å². The van der Waals surface area contributed by atoms with Gasteiger partial charge in [-0.2, -0.15) is 0 Å². The van der Waals surface area contributed by atoms with E-state index in [2.05, 4.69) is 11.1 Å². The summed E-state index contributed by atoms with van der Waals surface area (Å²) in [6.07, 6.45) is 2.12. The molecule has 4 heteroatoms. The van der Waals surface area contributed by atoms with E-state index in [1.807, 2.05) is 85.1 Å². The zero-order valence-corrected chi connectivity index (χ0v) is 18.3. The van der Waals surface area contributed by atoms with Gasteiger partial charge in [0.05, 0.1) is 0 Å². The highest BCUT2D eigenvalue weighted by atomic mass is 16.4. The fourth-order valence-corrected chi connectivity index (χ4v) is 4.84. The number of aromatic amines is 1. The molecular weight excluding hydrogens is 422 g/mol. The molecule has 2 aromatic heterocycles. The molecule has 0 radical (unpaired) electrons. The molecule has 1 unspecified atom stereocenters. The second-order valence-corrected chi connectivity index (χ2v) is 8.53. The molecule has 0 bridgehead atoms. The monoisotopic (exact) mass is 443 g/mol. The highest BCUT2D eigenvalue weighted by Gasteiger charge is 2.24. The van der Waals surface area contributed by atoms with E-state index in [0.717, 1.165) is 38.2 Å². The third-order valence-electron chi connectivity index (χ3n) is 6.53. The quantitative estimate of drug-likeness (QED) is 0.180. The van der Waals surface area contributed by atoms with Crippen LogP contribution in [0, 0.1) is 0 Å². The molecule has 0 saturated carbocycles. The van der Waals surface area contributed by atoms with Crippen LogP contribution in [0.1, 0.15) is 33.8 Å². The first-order chi connectivity index (χ1) is 16.7. The summed E-state index contributed by atoms with van der Waals surface area (Å²) in [4.78, 5) is 29.7. The minimum absolute atomic E-state index is 0.0876. The lowest BCUT2D eigenvalue weighted by Crippen LogP contribution is -2.17. The summed E-state index contributed by atoms with van der Waals surface area (Å²) >= 11 is 0. The minimum Gasteiger partial charge on any atom is -0.422 e. The van der Waals surface area contributed by atoms with Gasteiger partial charge in [-0.15, -0.1) is 0 Å². The fraction of sp³-hybridized carbons (Fsp3) is 0.0667. The van der Waals surface area contributed by atoms with Crippen LogP contribution in [-0.2, 0) is 0 Å². The number of para-hydroxylation sites is 1. The Morgan fingerprint density at radius 2 is 1.53 bits per heavy atom. The van der Waals surface area contributed by atoms with Crippen molar-refractivity contribution in [2.75, 3.05) is 0 Å². The van der Waals surface area contributed by atoms with Crippen molar-refractivity contribution in [3.05, 3.63) is 130 Å². The Morgan fingerprint density at radius 3 is 2.38 bits per heavy atom. The highest BCUT2D eigenvalue weighted by molar-refractivity contribution is 6.08. The molecule has 1 N–H and O–H groups in total. The summed E-state index contributed by atoms with van der Waals surface area (Å²) in [5, 5.41) is 3.82. The van der Waals surface area contributed by atoms with Gasteiger partial charge >= 0.3 is 5.63 Å². The zero-order chi connectivity index (χ0) is 23.1. The molecule has 0 spiro atoms. The van der Waals surface area contributed by atoms with Crippen molar-refractivity contribution in [2.45, 2.75) is 12.3 Å². The third-order valence-corrected chi connectivity index (χ3v) is 6.53. The van der Waals surface area contributed by atoms with Crippen LogP contribution in [-0.4, -0.2) is 10.8 Å². The number of rotatable bonds is 5. The molecular formula is C30H21NO3. The van der Waals surface area contributed by atoms with Gasteiger partial charge in [-0.3, -0.25) is 4.79 Å². The molecule has 164 valence electrons. The van der Waals surface area contributed by atoms with Crippen molar-refractivity contribution >= 4 is 38.4 Å². The molecule has 34 heavy (non-hydrogen) atoms. The average Bonchev–Trinajstić information content (AvgIpc) is 3.31. The molecule has 0 amide bonds. The van der Waals surface area contributed by atoms with Crippen LogP contribution in [0.2, 0.25) is 0 Å². The lowest BCUT2D eigenvalue weighted by molar-refractivity contribution is 0.0974. The van der Waals surface area contributed by atoms with E-state index in [9.17, 15) is 9.59 Å². The van der Waals surface area contributed by atoms with Gasteiger partial charge in [-0.05, 0) is 40.1 Å². The van der Waals surface area contributed by atoms with Gasteiger partial charge in [0, 0.05) is 34.8 Å². The second-order valence-electron chi connectivity index (χ2n) is 8.53. The average molecular weight is 444 g/mol. The van der Waals surface area contributed by atoms with Gasteiger partial charge in [0.1, 0.15) is 11.1 Å². The van der Waals surface area contributed by atoms with Gasteiger partial charge in [-0.1, -0.05) is 78.9 Å². The van der Waals surface area contributed by atoms with Gasteiger partial charge in [0.15, 0.2) is 5.78 Å². The van der Waals surface area contributed by atoms with Gasteiger partial charge in [-0.25, -0.2) is 4.79 Å². The number of nitrogens with one attached hydrogen (secondary N) is 1. The number of benzene rings is 4. The molecule has 4 nitrogen and oxygen atoms in total. The molecule has 6 rings (SSSR count). The van der Waals surface area contributed by atoms with Crippen molar-refractivity contribution in [1.29, 1.82) is 0 Å². The maximum absolute atomic E-state index is 13.6. The Balaban J connectivity index is 1.47. The first-order valence-electron chi connectivity index (χ1n) is 11.3. The van der Waals surface area contributed by atoms with Crippen molar-refractivity contribution in [3.63, 3.8) is 0 Å². The van der Waals surface area contributed by atoms with Crippen molar-refractivity contribution in [3.8, 4) is 0 Å². The largest absolute Gasteiger partial charge is 0.422 e. The van der Waals surface area contributed by atoms with E-state index in [1.54, 1.807) is 12.1 Å². The van der Waals surface area contributed by atoms with E-state index in [4.69, 9.17) is 4.42 Å². The van der Waals surface area contributed by atoms with Crippen LogP contribution in [0.4, 0.5) is 0 Å². The van der Waals surface area contributed by atoms with Crippen LogP contribution in [0.25, 0.3) is 32.6 Å². The van der Waals surface area contributed by atoms with E-state index >= 15 is 0 Å². The maximum Gasteiger partial charge on any atom is 0.347 e. The number of H-pyrrole nitrogens is 1. The van der Waals surface area contributed by atoms with E-state index in [1.165, 1.54) is 0 Å². The summed E-state index contributed by atoms with van der Waals surface area (Å²) < 4.78 is 5.59. The normalized spacial score (nSPS) is 12.4. The first-order valence-corrected chi connectivity index (χ1v) is 11.3. The maximum atomic E-state index is 13.6. The molecule has 0 saturated heterocycles. The summed E-state index contributed by atoms with van der Waals surface area (Å²) in [5.74, 6) is -0.435. The van der Waals surface area contributed by atoms with Crippen molar-refractivity contribution in [2.24, 2.45) is 0 Å². The minimum atomic E-state index is -0.599. The standard InChI is InChI=1S/C30H21NO3/c32-28(25-16-24-21-11-5-4-10-20(21)14-15-29(24)34-30(25)33)17-23(19-8-2-1-3-9-19)26-18-31-27-13-7-6-12-22(26)27/h1-16,18,23,31H,17H2. The number of aromatic nitrogens is 1. The van der Waals surface area contributed by atoms with Gasteiger partial charge < -0.3 is 9.40 Å². The van der Waals surface area contributed by atoms with Gasteiger partial charge in [0.2, 0.25) is 0 Å². The topological polar surface area (TPSA) is 63.1 Å². The number of Topliss-reactive ketones (excluding diaryl/α,β-unsaturated/α-hetero) is 1. The summed E-state index contributed by atoms with van der Waals surface area (Å²) in [7, 11) is 0. The Morgan fingerprint density at radius 1 is 0.794 bits per heavy atom. The molecule has 0 aliphatic rings. The van der Waals surface area contributed by atoms with Gasteiger partial charge in [0.25, 0.3) is 0 Å². The lowest BCUT2D eigenvalue weighted by atomic mass is 9.85. The predicted molar refractivity (Wildman–Crippen MR) is 136 cm³/mol. The number of fused-ring (bicyclic) bond motifs is 4. The van der Waals surface area contributed by atoms with Crippen LogP contribution >= 0.6 is 0 Å². The Kier molecular flexibility index (Phi) is 4.84. The summed E-state index contributed by atoms with van der Waals surface area (Å²) in [6.45, 7) is 0. The fourth-order valence-electron chi connectivity index (χ4n) is 4.84. The molecule has 0 aliphatic heterocycles. The number of hydrogen-bond acceptors (Lipinski definition) is 3.